The van der Waals surface area contributed by atoms with Gasteiger partial charge >= 0.3 is 0 Å². The number of fused-ring (bicyclic) bond motifs is 1. The van der Waals surface area contributed by atoms with E-state index in [1.165, 1.54) is 4.88 Å². The van der Waals surface area contributed by atoms with Gasteiger partial charge in [-0.3, -0.25) is 0 Å². The van der Waals surface area contributed by atoms with E-state index in [1.54, 1.807) is 17.7 Å². The summed E-state index contributed by atoms with van der Waals surface area (Å²) in [5, 5.41) is 4.45. The van der Waals surface area contributed by atoms with Crippen LogP contribution in [0.15, 0.2) is 12.4 Å². The van der Waals surface area contributed by atoms with Crippen molar-refractivity contribution in [1.82, 2.24) is 9.97 Å². The second kappa shape index (κ2) is 6.82. The Labute approximate surface area is 118 Å². The third kappa shape index (κ3) is 3.88. The molecule has 0 aliphatic carbocycles. The molecule has 104 valence electrons. The van der Waals surface area contributed by atoms with Crippen molar-refractivity contribution >= 4 is 27.4 Å². The highest BCUT2D eigenvalue weighted by Gasteiger charge is 2.07. The first kappa shape index (κ1) is 14.2. The van der Waals surface area contributed by atoms with E-state index in [-0.39, 0.29) is 0 Å². The first-order valence-electron chi connectivity index (χ1n) is 6.75. The van der Waals surface area contributed by atoms with Crippen LogP contribution >= 0.6 is 11.3 Å². The number of ether oxygens (including phenoxy) is 1. The Balaban J connectivity index is 1.94. The lowest BCUT2D eigenvalue weighted by Crippen LogP contribution is -2.13. The van der Waals surface area contributed by atoms with Gasteiger partial charge in [0.05, 0.1) is 12.0 Å². The van der Waals surface area contributed by atoms with Gasteiger partial charge in [-0.2, -0.15) is 0 Å². The average molecular weight is 279 g/mol. The smallest absolute Gasteiger partial charge is 0.138 e. The summed E-state index contributed by atoms with van der Waals surface area (Å²) in [6.45, 7) is 8.74. The van der Waals surface area contributed by atoms with E-state index in [0.717, 1.165) is 35.6 Å². The van der Waals surface area contributed by atoms with E-state index in [9.17, 15) is 0 Å². The number of aromatic nitrogens is 2. The molecule has 0 aromatic carbocycles. The van der Waals surface area contributed by atoms with Crippen molar-refractivity contribution in [2.45, 2.75) is 27.2 Å². The Morgan fingerprint density at radius 2 is 2.21 bits per heavy atom. The maximum absolute atomic E-state index is 5.55. The van der Waals surface area contributed by atoms with E-state index in [1.807, 2.05) is 0 Å². The van der Waals surface area contributed by atoms with Gasteiger partial charge in [0.25, 0.3) is 0 Å². The highest BCUT2D eigenvalue weighted by atomic mass is 32.1. The molecule has 0 saturated carbocycles. The molecule has 19 heavy (non-hydrogen) atoms. The quantitative estimate of drug-likeness (QED) is 0.790. The molecule has 0 aliphatic heterocycles. The van der Waals surface area contributed by atoms with E-state index < -0.39 is 0 Å². The minimum absolute atomic E-state index is 0.578. The van der Waals surface area contributed by atoms with E-state index in [4.69, 9.17) is 4.74 Å². The van der Waals surface area contributed by atoms with E-state index >= 15 is 0 Å². The molecular formula is C14H21N3OS. The summed E-state index contributed by atoms with van der Waals surface area (Å²) in [7, 11) is 0. The van der Waals surface area contributed by atoms with Crippen LogP contribution in [0, 0.1) is 5.92 Å². The second-order valence-corrected chi connectivity index (χ2v) is 6.02. The molecule has 4 nitrogen and oxygen atoms in total. The van der Waals surface area contributed by atoms with Crippen molar-refractivity contribution in [3.8, 4) is 0 Å². The third-order valence-corrected chi connectivity index (χ3v) is 3.91. The molecule has 2 rings (SSSR count). The number of thiophene rings is 1. The topological polar surface area (TPSA) is 47.0 Å². The lowest BCUT2D eigenvalue weighted by molar-refractivity contribution is 0.118. The summed E-state index contributed by atoms with van der Waals surface area (Å²) < 4.78 is 5.55. The highest BCUT2D eigenvalue weighted by Crippen LogP contribution is 2.28. The monoisotopic (exact) mass is 279 g/mol. The molecule has 2 heterocycles. The van der Waals surface area contributed by atoms with Crippen LogP contribution in [-0.2, 0) is 11.2 Å². The third-order valence-electron chi connectivity index (χ3n) is 2.72. The predicted octanol–water partition coefficient (Wildman–Crippen LogP) is 3.34. The summed E-state index contributed by atoms with van der Waals surface area (Å²) in [5.41, 5.74) is 0. The minimum Gasteiger partial charge on any atom is -0.379 e. The maximum atomic E-state index is 5.55. The molecule has 2 aromatic rings. The Kier molecular flexibility index (Phi) is 5.10. The molecule has 0 saturated heterocycles. The highest BCUT2D eigenvalue weighted by molar-refractivity contribution is 7.18. The number of nitrogens with zero attached hydrogens (tertiary/aromatic N) is 2. The van der Waals surface area contributed by atoms with Gasteiger partial charge in [-0.25, -0.2) is 9.97 Å². The van der Waals surface area contributed by atoms with Crippen molar-refractivity contribution in [3.63, 3.8) is 0 Å². The summed E-state index contributed by atoms with van der Waals surface area (Å²) >= 11 is 1.74. The Hall–Kier alpha value is -1.20. The molecule has 0 radical (unpaired) electrons. The van der Waals surface area contributed by atoms with Gasteiger partial charge in [0.2, 0.25) is 0 Å². The summed E-state index contributed by atoms with van der Waals surface area (Å²) in [6, 6.07) is 2.18. The molecule has 2 aromatic heterocycles. The Morgan fingerprint density at radius 3 is 2.95 bits per heavy atom. The molecular weight excluding hydrogens is 258 g/mol. The molecule has 0 aliphatic rings. The van der Waals surface area contributed by atoms with Crippen molar-refractivity contribution in [2.24, 2.45) is 5.92 Å². The van der Waals surface area contributed by atoms with Crippen LogP contribution in [0.25, 0.3) is 10.2 Å². The molecule has 0 atom stereocenters. The van der Waals surface area contributed by atoms with Gasteiger partial charge in [0.15, 0.2) is 0 Å². The zero-order chi connectivity index (χ0) is 13.7. The molecule has 5 heteroatoms. The first-order valence-corrected chi connectivity index (χ1v) is 7.57. The zero-order valence-corrected chi connectivity index (χ0v) is 12.6. The SMILES string of the molecule is CCc1cc2c(NCCOCC(C)C)ncnc2s1. The average Bonchev–Trinajstić information content (AvgIpc) is 2.81. The molecule has 0 fully saturated rings. The number of hydrogen-bond donors (Lipinski definition) is 1. The number of rotatable bonds is 7. The minimum atomic E-state index is 0.578. The van der Waals surface area contributed by atoms with E-state index in [0.29, 0.717) is 12.5 Å². The molecule has 0 spiro atoms. The standard InChI is InChI=1S/C14H21N3OS/c1-4-11-7-12-13(16-9-17-14(12)19-11)15-5-6-18-8-10(2)3/h7,9-10H,4-6,8H2,1-3H3,(H,15,16,17). The molecule has 0 bridgehead atoms. The van der Waals surface area contributed by atoms with Crippen molar-refractivity contribution < 1.29 is 4.74 Å². The van der Waals surface area contributed by atoms with Crippen LogP contribution in [0.4, 0.5) is 5.82 Å². The lowest BCUT2D eigenvalue weighted by Gasteiger charge is -2.08. The fourth-order valence-corrected chi connectivity index (χ4v) is 2.72. The fraction of sp³-hybridized carbons (Fsp3) is 0.571. The number of aryl methyl sites for hydroxylation is 1. The first-order chi connectivity index (χ1) is 9.20. The van der Waals surface area contributed by atoms with Gasteiger partial charge in [0.1, 0.15) is 17.0 Å². The van der Waals surface area contributed by atoms with E-state index in [2.05, 4.69) is 42.1 Å². The summed E-state index contributed by atoms with van der Waals surface area (Å²) in [5.74, 6) is 1.49. The van der Waals surface area contributed by atoms with Crippen LogP contribution in [0.1, 0.15) is 25.6 Å². The van der Waals surface area contributed by atoms with Gasteiger partial charge in [-0.15, -0.1) is 11.3 Å². The largest absolute Gasteiger partial charge is 0.379 e. The lowest BCUT2D eigenvalue weighted by atomic mass is 10.2. The normalized spacial score (nSPS) is 11.4. The summed E-state index contributed by atoms with van der Waals surface area (Å²) in [6.07, 6.45) is 2.66. The van der Waals surface area contributed by atoms with Crippen molar-refractivity contribution in [2.75, 3.05) is 25.1 Å². The second-order valence-electron chi connectivity index (χ2n) is 4.90. The van der Waals surface area contributed by atoms with Crippen molar-refractivity contribution in [3.05, 3.63) is 17.3 Å². The van der Waals surface area contributed by atoms with Crippen LogP contribution in [-0.4, -0.2) is 29.7 Å². The van der Waals surface area contributed by atoms with Gasteiger partial charge in [-0.1, -0.05) is 20.8 Å². The number of anilines is 1. The Morgan fingerprint density at radius 1 is 1.37 bits per heavy atom. The van der Waals surface area contributed by atoms with Crippen LogP contribution in [0.2, 0.25) is 0 Å². The Bertz CT molecular complexity index is 524. The maximum Gasteiger partial charge on any atom is 0.138 e. The fourth-order valence-electron chi connectivity index (χ4n) is 1.78. The molecule has 1 N–H and O–H groups in total. The zero-order valence-electron chi connectivity index (χ0n) is 11.8. The predicted molar refractivity (Wildman–Crippen MR) is 80.9 cm³/mol. The number of nitrogens with one attached hydrogen (secondary N) is 1. The molecule has 0 unspecified atom stereocenters. The van der Waals surface area contributed by atoms with Crippen molar-refractivity contribution in [1.29, 1.82) is 0 Å². The van der Waals surface area contributed by atoms with Gasteiger partial charge in [-0.05, 0) is 18.4 Å². The van der Waals surface area contributed by atoms with Gasteiger partial charge in [0, 0.05) is 18.0 Å². The summed E-state index contributed by atoms with van der Waals surface area (Å²) in [4.78, 5) is 11.0. The van der Waals surface area contributed by atoms with Crippen LogP contribution in [0.5, 0.6) is 0 Å². The number of hydrogen-bond acceptors (Lipinski definition) is 5. The van der Waals surface area contributed by atoms with Gasteiger partial charge < -0.3 is 10.1 Å². The van der Waals surface area contributed by atoms with Crippen LogP contribution < -0.4 is 5.32 Å². The van der Waals surface area contributed by atoms with Crippen LogP contribution in [0.3, 0.4) is 0 Å². The molecule has 0 amide bonds.